The minimum Gasteiger partial charge on any atom is -0.355 e. The molecule has 1 unspecified atom stereocenters. The van der Waals surface area contributed by atoms with E-state index < -0.39 is 0 Å². The van der Waals surface area contributed by atoms with Crippen molar-refractivity contribution in [2.45, 2.75) is 45.6 Å². The van der Waals surface area contributed by atoms with Gasteiger partial charge < -0.3 is 11.1 Å². The van der Waals surface area contributed by atoms with Crippen molar-refractivity contribution in [3.8, 4) is 0 Å². The van der Waals surface area contributed by atoms with Gasteiger partial charge in [0.05, 0.1) is 5.39 Å². The first-order chi connectivity index (χ1) is 11.4. The fraction of sp³-hybridized carbons (Fsp3) is 0.588. The van der Waals surface area contributed by atoms with E-state index in [0.717, 1.165) is 16.8 Å². The van der Waals surface area contributed by atoms with Crippen molar-refractivity contribution in [2.24, 2.45) is 18.7 Å². The second kappa shape index (κ2) is 6.39. The van der Waals surface area contributed by atoms with Gasteiger partial charge in [-0.05, 0) is 50.2 Å². The zero-order valence-electron chi connectivity index (χ0n) is 14.5. The maximum absolute atomic E-state index is 12.1. The van der Waals surface area contributed by atoms with Gasteiger partial charge in [0.2, 0.25) is 5.91 Å². The first-order valence-electron chi connectivity index (χ1n) is 8.45. The van der Waals surface area contributed by atoms with Crippen LogP contribution < -0.4 is 16.6 Å². The molecule has 4 N–H and O–H groups in total. The zero-order chi connectivity index (χ0) is 17.4. The number of carbonyl (C=O) groups is 1. The first kappa shape index (κ1) is 16.7. The summed E-state index contributed by atoms with van der Waals surface area (Å²) in [4.78, 5) is 28.6. The first-order valence-corrected chi connectivity index (χ1v) is 8.45. The number of aromatic amines is 1. The quantitative estimate of drug-likeness (QED) is 0.723. The number of nitrogens with one attached hydrogen (secondary N) is 2. The summed E-state index contributed by atoms with van der Waals surface area (Å²) in [6.45, 7) is 4.37. The van der Waals surface area contributed by atoms with Crippen LogP contribution >= 0.6 is 0 Å². The Bertz CT molecular complexity index is 832. The van der Waals surface area contributed by atoms with E-state index in [1.54, 1.807) is 11.7 Å². The average Bonchev–Trinajstić information content (AvgIpc) is 3.32. The standard InChI is InChI=1S/C17H25N5O2/c1-9-12(6-7-14(23)19-8-13(18)11-4-5-11)10(2)20-16-15(9)17(24)21-22(16)3/h11,13H,4-8,18H2,1-3H3,(H,19,23)(H,21,24). The van der Waals surface area contributed by atoms with Crippen LogP contribution in [0.15, 0.2) is 4.79 Å². The highest BCUT2D eigenvalue weighted by Crippen LogP contribution is 2.31. The number of H-pyrrole nitrogens is 1. The number of aromatic nitrogens is 3. The monoisotopic (exact) mass is 331 g/mol. The summed E-state index contributed by atoms with van der Waals surface area (Å²) in [5.74, 6) is 0.568. The van der Waals surface area contributed by atoms with Crippen LogP contribution in [0.25, 0.3) is 11.0 Å². The third-order valence-corrected chi connectivity index (χ3v) is 4.94. The molecule has 2 aromatic rings. The molecular formula is C17H25N5O2. The van der Waals surface area contributed by atoms with Gasteiger partial charge in [-0.1, -0.05) is 0 Å². The summed E-state index contributed by atoms with van der Waals surface area (Å²) in [6.07, 6.45) is 3.29. The van der Waals surface area contributed by atoms with E-state index in [0.29, 0.717) is 36.3 Å². The molecule has 1 atom stereocenters. The van der Waals surface area contributed by atoms with Gasteiger partial charge in [0.1, 0.15) is 0 Å². The SMILES string of the molecule is Cc1nc2c(c(C)c1CCC(=O)NCC(N)C1CC1)c(=O)[nH]n2C. The van der Waals surface area contributed by atoms with Crippen LogP contribution in [-0.4, -0.2) is 33.3 Å². The third-order valence-electron chi connectivity index (χ3n) is 4.94. The summed E-state index contributed by atoms with van der Waals surface area (Å²) in [6, 6.07) is 0.0679. The van der Waals surface area contributed by atoms with Gasteiger partial charge in [0.25, 0.3) is 5.56 Å². The summed E-state index contributed by atoms with van der Waals surface area (Å²) in [5, 5.41) is 6.25. The number of hydrogen-bond donors (Lipinski definition) is 3. The van der Waals surface area contributed by atoms with Crippen LogP contribution in [0.3, 0.4) is 0 Å². The molecule has 7 heteroatoms. The second-order valence-electron chi connectivity index (χ2n) is 6.80. The smallest absolute Gasteiger partial charge is 0.273 e. The van der Waals surface area contributed by atoms with Crippen LogP contribution in [0.2, 0.25) is 0 Å². The van der Waals surface area contributed by atoms with Crippen LogP contribution in [0.4, 0.5) is 0 Å². The molecule has 1 saturated carbocycles. The lowest BCUT2D eigenvalue weighted by Gasteiger charge is -2.13. The van der Waals surface area contributed by atoms with Crippen molar-refractivity contribution in [2.75, 3.05) is 6.54 Å². The molecule has 0 saturated heterocycles. The van der Waals surface area contributed by atoms with E-state index in [-0.39, 0.29) is 17.5 Å². The molecule has 2 aromatic heterocycles. The van der Waals surface area contributed by atoms with Crippen LogP contribution in [0.5, 0.6) is 0 Å². The molecule has 1 aliphatic rings. The van der Waals surface area contributed by atoms with E-state index in [9.17, 15) is 9.59 Å². The van der Waals surface area contributed by atoms with E-state index in [1.165, 1.54) is 12.8 Å². The molecule has 1 amide bonds. The fourth-order valence-corrected chi connectivity index (χ4v) is 3.27. The number of nitrogens with two attached hydrogens (primary N) is 1. The summed E-state index contributed by atoms with van der Waals surface area (Å²) < 4.78 is 1.63. The maximum Gasteiger partial charge on any atom is 0.273 e. The highest BCUT2D eigenvalue weighted by Gasteiger charge is 2.28. The van der Waals surface area contributed by atoms with Crippen LogP contribution in [0.1, 0.15) is 36.1 Å². The highest BCUT2D eigenvalue weighted by molar-refractivity contribution is 5.81. The lowest BCUT2D eigenvalue weighted by Crippen LogP contribution is -2.38. The van der Waals surface area contributed by atoms with Crippen molar-refractivity contribution in [1.82, 2.24) is 20.1 Å². The molecule has 0 aliphatic heterocycles. The molecule has 0 aromatic carbocycles. The summed E-state index contributed by atoms with van der Waals surface area (Å²) in [7, 11) is 1.77. The molecule has 0 spiro atoms. The minimum atomic E-state index is -0.140. The summed E-state index contributed by atoms with van der Waals surface area (Å²) >= 11 is 0. The van der Waals surface area contributed by atoms with Crippen molar-refractivity contribution in [1.29, 1.82) is 0 Å². The second-order valence-corrected chi connectivity index (χ2v) is 6.80. The van der Waals surface area contributed by atoms with Crippen molar-refractivity contribution >= 4 is 16.9 Å². The fourth-order valence-electron chi connectivity index (χ4n) is 3.27. The number of amides is 1. The molecule has 130 valence electrons. The van der Waals surface area contributed by atoms with Crippen molar-refractivity contribution in [3.05, 3.63) is 27.2 Å². The van der Waals surface area contributed by atoms with Crippen molar-refractivity contribution < 1.29 is 4.79 Å². The Morgan fingerprint density at radius 3 is 2.83 bits per heavy atom. The van der Waals surface area contributed by atoms with Crippen LogP contribution in [0, 0.1) is 19.8 Å². The molecule has 0 bridgehead atoms. The Morgan fingerprint density at radius 1 is 1.46 bits per heavy atom. The predicted octanol–water partition coefficient (Wildman–Crippen LogP) is 0.665. The average molecular weight is 331 g/mol. The van der Waals surface area contributed by atoms with Gasteiger partial charge in [0, 0.05) is 31.7 Å². The van der Waals surface area contributed by atoms with E-state index in [1.807, 2.05) is 13.8 Å². The van der Waals surface area contributed by atoms with Crippen molar-refractivity contribution in [3.63, 3.8) is 0 Å². The number of nitrogens with zero attached hydrogens (tertiary/aromatic N) is 2. The number of carbonyl (C=O) groups excluding carboxylic acids is 1. The van der Waals surface area contributed by atoms with Gasteiger partial charge in [-0.15, -0.1) is 0 Å². The van der Waals surface area contributed by atoms with E-state index >= 15 is 0 Å². The molecule has 3 rings (SSSR count). The predicted molar refractivity (Wildman–Crippen MR) is 92.8 cm³/mol. The Morgan fingerprint density at radius 2 is 2.17 bits per heavy atom. The molecule has 24 heavy (non-hydrogen) atoms. The number of pyridine rings is 1. The molecule has 0 radical (unpaired) electrons. The lowest BCUT2D eigenvalue weighted by molar-refractivity contribution is -0.121. The largest absolute Gasteiger partial charge is 0.355 e. The Balaban J connectivity index is 1.69. The molecule has 2 heterocycles. The van der Waals surface area contributed by atoms with Gasteiger partial charge >= 0.3 is 0 Å². The normalized spacial score (nSPS) is 15.7. The number of rotatable bonds is 6. The molecule has 7 nitrogen and oxygen atoms in total. The minimum absolute atomic E-state index is 0.00744. The topological polar surface area (TPSA) is 106 Å². The Kier molecular flexibility index (Phi) is 4.45. The molecule has 1 fully saturated rings. The molecule has 1 aliphatic carbocycles. The number of hydrogen-bond acceptors (Lipinski definition) is 4. The van der Waals surface area contributed by atoms with Crippen LogP contribution in [-0.2, 0) is 18.3 Å². The Labute approximate surface area is 140 Å². The Hall–Kier alpha value is -2.15. The highest BCUT2D eigenvalue weighted by atomic mass is 16.1. The van der Waals surface area contributed by atoms with Gasteiger partial charge in [-0.2, -0.15) is 0 Å². The zero-order valence-corrected chi connectivity index (χ0v) is 14.5. The summed E-state index contributed by atoms with van der Waals surface area (Å²) in [5.41, 5.74) is 9.25. The van der Waals surface area contributed by atoms with Gasteiger partial charge in [-0.3, -0.25) is 19.4 Å². The molecular weight excluding hydrogens is 306 g/mol. The van der Waals surface area contributed by atoms with E-state index in [4.69, 9.17) is 5.73 Å². The van der Waals surface area contributed by atoms with E-state index in [2.05, 4.69) is 15.4 Å². The van der Waals surface area contributed by atoms with Gasteiger partial charge in [0.15, 0.2) is 5.65 Å². The maximum atomic E-state index is 12.1. The van der Waals surface area contributed by atoms with Gasteiger partial charge in [-0.25, -0.2) is 4.98 Å². The number of fused-ring (bicyclic) bond motifs is 1. The third kappa shape index (κ3) is 3.21. The lowest BCUT2D eigenvalue weighted by atomic mass is 10.00. The number of aryl methyl sites for hydroxylation is 3.